The van der Waals surface area contributed by atoms with E-state index in [2.05, 4.69) is 10.6 Å². The molecular weight excluding hydrogens is 208 g/mol. The third kappa shape index (κ3) is 7.19. The number of carbonyl (C=O) groups is 2. The lowest BCUT2D eigenvalue weighted by atomic mass is 10.2. The Bertz CT molecular complexity index is 231. The Morgan fingerprint density at radius 2 is 2.00 bits per heavy atom. The minimum absolute atomic E-state index is 0.0939. The van der Waals surface area contributed by atoms with Gasteiger partial charge >= 0.3 is 0 Å². The Kier molecular flexibility index (Phi) is 7.49. The number of nitrogens with zero attached hydrogens (tertiary/aromatic N) is 1. The van der Waals surface area contributed by atoms with Crippen molar-refractivity contribution in [3.05, 3.63) is 0 Å². The molecule has 0 radical (unpaired) electrons. The zero-order chi connectivity index (χ0) is 12.6. The van der Waals surface area contributed by atoms with Gasteiger partial charge in [0.05, 0.1) is 12.5 Å². The Hall–Kier alpha value is -1.14. The van der Waals surface area contributed by atoms with Crippen molar-refractivity contribution in [1.82, 2.24) is 15.5 Å². The summed E-state index contributed by atoms with van der Waals surface area (Å²) in [4.78, 5) is 24.4. The van der Waals surface area contributed by atoms with Gasteiger partial charge in [-0.3, -0.25) is 9.59 Å². The third-order valence-electron chi connectivity index (χ3n) is 2.06. The fourth-order valence-corrected chi connectivity index (χ4v) is 1.19. The van der Waals surface area contributed by atoms with Crippen LogP contribution < -0.4 is 16.4 Å². The Morgan fingerprint density at radius 3 is 2.44 bits per heavy atom. The van der Waals surface area contributed by atoms with Crippen molar-refractivity contribution >= 4 is 11.8 Å². The number of rotatable bonds is 8. The van der Waals surface area contributed by atoms with Gasteiger partial charge in [-0.15, -0.1) is 0 Å². The quantitative estimate of drug-likeness (QED) is 0.474. The predicted octanol–water partition coefficient (Wildman–Crippen LogP) is -1.48. The van der Waals surface area contributed by atoms with Gasteiger partial charge in [-0.2, -0.15) is 0 Å². The van der Waals surface area contributed by atoms with Crippen molar-refractivity contribution in [1.29, 1.82) is 0 Å². The van der Waals surface area contributed by atoms with Crippen LogP contribution in [-0.2, 0) is 9.59 Å². The number of nitrogens with two attached hydrogens (primary N) is 1. The molecule has 0 aliphatic heterocycles. The average molecular weight is 230 g/mol. The molecule has 94 valence electrons. The summed E-state index contributed by atoms with van der Waals surface area (Å²) in [5.41, 5.74) is 5.20. The molecule has 0 aromatic heterocycles. The van der Waals surface area contributed by atoms with E-state index in [1.165, 1.54) is 0 Å². The van der Waals surface area contributed by atoms with Crippen LogP contribution in [0.4, 0.5) is 0 Å². The topological polar surface area (TPSA) is 87.5 Å². The smallest absolute Gasteiger partial charge is 0.235 e. The van der Waals surface area contributed by atoms with E-state index in [1.807, 2.05) is 25.9 Å². The van der Waals surface area contributed by atoms with Gasteiger partial charge in [0.15, 0.2) is 0 Å². The lowest BCUT2D eigenvalue weighted by Gasteiger charge is -2.16. The summed E-state index contributed by atoms with van der Waals surface area (Å²) in [6.07, 6.45) is 0.0939. The van der Waals surface area contributed by atoms with Gasteiger partial charge in [0, 0.05) is 19.6 Å². The highest BCUT2D eigenvalue weighted by molar-refractivity contribution is 5.87. The largest absolute Gasteiger partial charge is 0.368 e. The number of hydrogen-bond donors (Lipinski definition) is 3. The molecule has 6 heteroatoms. The lowest BCUT2D eigenvalue weighted by Crippen LogP contribution is -2.46. The van der Waals surface area contributed by atoms with E-state index in [1.54, 1.807) is 0 Å². The van der Waals surface area contributed by atoms with Crippen molar-refractivity contribution in [3.8, 4) is 0 Å². The van der Waals surface area contributed by atoms with Gasteiger partial charge in [0.2, 0.25) is 11.8 Å². The Labute approximate surface area is 96.5 Å². The first kappa shape index (κ1) is 14.9. The molecule has 0 rings (SSSR count). The van der Waals surface area contributed by atoms with Crippen LogP contribution in [-0.4, -0.2) is 56.5 Å². The van der Waals surface area contributed by atoms with Gasteiger partial charge in [-0.25, -0.2) is 0 Å². The molecule has 0 saturated heterocycles. The van der Waals surface area contributed by atoms with Crippen molar-refractivity contribution in [2.45, 2.75) is 19.4 Å². The van der Waals surface area contributed by atoms with Crippen LogP contribution in [0.15, 0.2) is 0 Å². The van der Waals surface area contributed by atoms with E-state index in [9.17, 15) is 9.59 Å². The van der Waals surface area contributed by atoms with Gasteiger partial charge in [-0.1, -0.05) is 0 Å². The molecule has 1 unspecified atom stereocenters. The molecule has 0 aromatic rings. The molecule has 16 heavy (non-hydrogen) atoms. The zero-order valence-corrected chi connectivity index (χ0v) is 10.2. The first-order valence-corrected chi connectivity index (χ1v) is 5.41. The maximum Gasteiger partial charge on any atom is 0.235 e. The number of likely N-dealkylation sites (N-methyl/N-ethyl adjacent to an activating group) is 1. The molecule has 6 nitrogen and oxygen atoms in total. The molecule has 0 spiro atoms. The Morgan fingerprint density at radius 1 is 1.38 bits per heavy atom. The van der Waals surface area contributed by atoms with Crippen LogP contribution in [0.2, 0.25) is 0 Å². The lowest BCUT2D eigenvalue weighted by molar-refractivity contribution is -0.126. The zero-order valence-electron chi connectivity index (χ0n) is 10.2. The van der Waals surface area contributed by atoms with E-state index < -0.39 is 11.9 Å². The van der Waals surface area contributed by atoms with Gasteiger partial charge < -0.3 is 21.3 Å². The summed E-state index contributed by atoms with van der Waals surface area (Å²) < 4.78 is 0. The van der Waals surface area contributed by atoms with Crippen molar-refractivity contribution in [3.63, 3.8) is 0 Å². The third-order valence-corrected chi connectivity index (χ3v) is 2.06. The second-order valence-electron chi connectivity index (χ2n) is 3.87. The molecule has 0 fully saturated rings. The number of carbonyl (C=O) groups excluding carboxylic acids is 2. The van der Waals surface area contributed by atoms with Gasteiger partial charge in [-0.05, 0) is 21.0 Å². The summed E-state index contributed by atoms with van der Waals surface area (Å²) in [6, 6.07) is -0.591. The number of nitrogens with one attached hydrogen (secondary N) is 2. The summed E-state index contributed by atoms with van der Waals surface area (Å²) in [7, 11) is 3.87. The molecule has 0 saturated carbocycles. The fraction of sp³-hybridized carbons (Fsp3) is 0.800. The van der Waals surface area contributed by atoms with E-state index in [0.717, 1.165) is 6.54 Å². The highest BCUT2D eigenvalue weighted by atomic mass is 16.2. The summed E-state index contributed by atoms with van der Waals surface area (Å²) in [5.74, 6) is -0.659. The molecule has 2 amide bonds. The van der Waals surface area contributed by atoms with Crippen LogP contribution >= 0.6 is 0 Å². The first-order valence-electron chi connectivity index (χ1n) is 5.41. The summed E-state index contributed by atoms with van der Waals surface area (Å²) >= 11 is 0. The minimum atomic E-state index is -0.591. The van der Waals surface area contributed by atoms with Gasteiger partial charge in [0.25, 0.3) is 0 Å². The van der Waals surface area contributed by atoms with Gasteiger partial charge in [0.1, 0.15) is 0 Å². The molecule has 0 bridgehead atoms. The molecule has 4 N–H and O–H groups in total. The standard InChI is InChI=1S/C10H22N4O2/c1-4-12-9(15)7-8(10(11)16)13-5-6-14(2)3/h8,13H,4-7H2,1-3H3,(H2,11,16)(H,12,15). The van der Waals surface area contributed by atoms with Crippen LogP contribution in [0.5, 0.6) is 0 Å². The number of primary amides is 1. The summed E-state index contributed by atoms with van der Waals surface area (Å²) in [6.45, 7) is 3.80. The molecule has 0 aliphatic rings. The Balaban J connectivity index is 3.98. The van der Waals surface area contributed by atoms with E-state index >= 15 is 0 Å². The SMILES string of the molecule is CCNC(=O)CC(NCCN(C)C)C(N)=O. The normalized spacial score (nSPS) is 12.5. The molecule has 1 atom stereocenters. The monoisotopic (exact) mass is 230 g/mol. The molecule has 0 aromatic carbocycles. The van der Waals surface area contributed by atoms with Crippen molar-refractivity contribution < 1.29 is 9.59 Å². The highest BCUT2D eigenvalue weighted by Gasteiger charge is 2.17. The fourth-order valence-electron chi connectivity index (χ4n) is 1.19. The maximum atomic E-state index is 11.3. The van der Waals surface area contributed by atoms with Crippen LogP contribution in [0, 0.1) is 0 Å². The van der Waals surface area contributed by atoms with Crippen LogP contribution in [0.1, 0.15) is 13.3 Å². The second-order valence-corrected chi connectivity index (χ2v) is 3.87. The highest BCUT2D eigenvalue weighted by Crippen LogP contribution is 1.91. The molecule has 0 heterocycles. The van der Waals surface area contributed by atoms with Crippen molar-refractivity contribution in [2.24, 2.45) is 5.73 Å². The van der Waals surface area contributed by atoms with E-state index in [0.29, 0.717) is 13.1 Å². The number of amides is 2. The van der Waals surface area contributed by atoms with E-state index in [4.69, 9.17) is 5.73 Å². The number of hydrogen-bond acceptors (Lipinski definition) is 4. The average Bonchev–Trinajstić information content (AvgIpc) is 2.15. The van der Waals surface area contributed by atoms with Crippen LogP contribution in [0.3, 0.4) is 0 Å². The van der Waals surface area contributed by atoms with E-state index in [-0.39, 0.29) is 12.3 Å². The molecule has 0 aliphatic carbocycles. The predicted molar refractivity (Wildman–Crippen MR) is 62.8 cm³/mol. The molecular formula is C10H22N4O2. The van der Waals surface area contributed by atoms with Crippen LogP contribution in [0.25, 0.3) is 0 Å². The van der Waals surface area contributed by atoms with Crippen molar-refractivity contribution in [2.75, 3.05) is 33.7 Å². The second kappa shape index (κ2) is 8.06. The summed E-state index contributed by atoms with van der Waals surface area (Å²) in [5, 5.41) is 5.60. The maximum absolute atomic E-state index is 11.3. The minimum Gasteiger partial charge on any atom is -0.368 e. The first-order chi connectivity index (χ1) is 7.47.